The zero-order valence-corrected chi connectivity index (χ0v) is 19.6. The molecule has 36 heavy (non-hydrogen) atoms. The Kier molecular flexibility index (Phi) is 6.25. The number of aromatic nitrogens is 2. The molecule has 0 saturated heterocycles. The van der Waals surface area contributed by atoms with E-state index in [9.17, 15) is 9.59 Å². The van der Waals surface area contributed by atoms with Crippen molar-refractivity contribution < 1.29 is 19.2 Å². The minimum absolute atomic E-state index is 0.287. The molecule has 0 saturated carbocycles. The molecule has 6 rings (SSSR count). The summed E-state index contributed by atoms with van der Waals surface area (Å²) in [6, 6.07) is 27.8. The summed E-state index contributed by atoms with van der Waals surface area (Å²) < 4.78 is 5.21. The maximum atomic E-state index is 12.7. The van der Waals surface area contributed by atoms with Crippen LogP contribution in [0.25, 0.3) is 21.8 Å². The van der Waals surface area contributed by atoms with Crippen molar-refractivity contribution in [3.05, 3.63) is 102 Å². The minimum atomic E-state index is -0.412. The van der Waals surface area contributed by atoms with Crippen molar-refractivity contribution in [1.29, 1.82) is 0 Å². The van der Waals surface area contributed by atoms with Crippen LogP contribution in [-0.2, 0) is 0 Å². The first kappa shape index (κ1) is 22.9. The molecule has 0 unspecified atom stereocenters. The molecule has 5 aromatic rings. The van der Waals surface area contributed by atoms with Crippen LogP contribution in [0.3, 0.4) is 0 Å². The van der Waals surface area contributed by atoms with Crippen molar-refractivity contribution in [1.82, 2.24) is 15.4 Å². The Hall–Kier alpha value is -4.82. The third-order valence-electron chi connectivity index (χ3n) is 5.69. The molecule has 3 heterocycles. The van der Waals surface area contributed by atoms with Crippen molar-refractivity contribution in [3.63, 3.8) is 0 Å². The second-order valence-electron chi connectivity index (χ2n) is 7.84. The first-order valence-electron chi connectivity index (χ1n) is 11.2. The van der Waals surface area contributed by atoms with Gasteiger partial charge in [0.1, 0.15) is 11.6 Å². The second-order valence-corrected chi connectivity index (χ2v) is 7.84. The average Bonchev–Trinajstić information content (AvgIpc) is 3.18. The second kappa shape index (κ2) is 9.81. The van der Waals surface area contributed by atoms with E-state index in [1.54, 1.807) is 31.3 Å². The fourth-order valence-corrected chi connectivity index (χ4v) is 4.02. The summed E-state index contributed by atoms with van der Waals surface area (Å²) in [6.45, 7) is 0. The molecular formula is C28H22N4O4. The van der Waals surface area contributed by atoms with Gasteiger partial charge in [-0.3, -0.25) is 9.59 Å². The molecule has 2 aromatic heterocycles. The highest BCUT2D eigenvalue weighted by atomic mass is 16.6. The van der Waals surface area contributed by atoms with Gasteiger partial charge in [-0.25, -0.2) is 14.9 Å². The Labute approximate surface area is 207 Å². The van der Waals surface area contributed by atoms with E-state index in [2.05, 4.69) is 15.4 Å². The Morgan fingerprint density at radius 1 is 0.722 bits per heavy atom. The molecule has 0 radical (unpaired) electrons. The molecule has 0 fully saturated rings. The fourth-order valence-electron chi connectivity index (χ4n) is 4.02. The Morgan fingerprint density at radius 2 is 1.39 bits per heavy atom. The highest BCUT2D eigenvalue weighted by Gasteiger charge is 2.39. The average molecular weight is 479 g/mol. The largest absolute Gasteiger partial charge is 0.496 e. The SMILES string of the molecule is CNOc1ccc2ccccc2n1.COc1cccc2c1C(=O)N(c1ccc3ccccc3n1)C2=O. The summed E-state index contributed by atoms with van der Waals surface area (Å²) in [5, 5.41) is 2.07. The number of imide groups is 1. The topological polar surface area (TPSA) is 93.7 Å². The molecular weight excluding hydrogens is 456 g/mol. The van der Waals surface area contributed by atoms with Crippen LogP contribution >= 0.6 is 0 Å². The predicted molar refractivity (Wildman–Crippen MR) is 137 cm³/mol. The lowest BCUT2D eigenvalue weighted by atomic mass is 10.1. The van der Waals surface area contributed by atoms with Crippen molar-refractivity contribution in [3.8, 4) is 11.6 Å². The Bertz CT molecular complexity index is 1600. The van der Waals surface area contributed by atoms with Gasteiger partial charge < -0.3 is 9.57 Å². The number of carbonyl (C=O) groups excluding carboxylic acids is 2. The van der Waals surface area contributed by atoms with Crippen molar-refractivity contribution in [2.24, 2.45) is 0 Å². The summed E-state index contributed by atoms with van der Waals surface area (Å²) in [6.07, 6.45) is 0. The number of hydrogen-bond donors (Lipinski definition) is 1. The summed E-state index contributed by atoms with van der Waals surface area (Å²) >= 11 is 0. The molecule has 1 N–H and O–H groups in total. The standard InChI is InChI=1S/C18H12N2O3.C10H10N2O/c1-23-14-8-4-6-12-16(14)18(22)20(17(12)21)15-10-9-11-5-2-3-7-13(11)19-15;1-11-13-10-7-6-8-4-2-3-5-9(8)12-10/h2-10H,1H3;2-7,11H,1H3. The molecule has 0 aliphatic carbocycles. The van der Waals surface area contributed by atoms with Gasteiger partial charge in [-0.2, -0.15) is 5.48 Å². The lowest BCUT2D eigenvalue weighted by Gasteiger charge is -2.13. The molecule has 0 spiro atoms. The number of ether oxygens (including phenoxy) is 1. The Morgan fingerprint density at radius 3 is 2.08 bits per heavy atom. The number of hydrogen-bond acceptors (Lipinski definition) is 7. The van der Waals surface area contributed by atoms with Crippen LogP contribution < -0.4 is 20.0 Å². The zero-order valence-electron chi connectivity index (χ0n) is 19.6. The van der Waals surface area contributed by atoms with Gasteiger partial charge in [0.2, 0.25) is 5.88 Å². The van der Waals surface area contributed by atoms with Crippen LogP contribution in [0.4, 0.5) is 5.82 Å². The number of carbonyl (C=O) groups is 2. The Balaban J connectivity index is 0.000000174. The van der Waals surface area contributed by atoms with E-state index in [1.165, 1.54) is 7.11 Å². The fraction of sp³-hybridized carbons (Fsp3) is 0.0714. The number of benzene rings is 3. The maximum absolute atomic E-state index is 12.7. The van der Waals surface area contributed by atoms with E-state index in [0.29, 0.717) is 23.0 Å². The lowest BCUT2D eigenvalue weighted by Crippen LogP contribution is -2.30. The van der Waals surface area contributed by atoms with Gasteiger partial charge in [0.25, 0.3) is 11.8 Å². The summed E-state index contributed by atoms with van der Waals surface area (Å²) in [5.41, 5.74) is 4.88. The number of methoxy groups -OCH3 is 1. The molecule has 1 aliphatic rings. The number of anilines is 1. The van der Waals surface area contributed by atoms with E-state index in [0.717, 1.165) is 26.7 Å². The quantitative estimate of drug-likeness (QED) is 0.293. The third-order valence-corrected chi connectivity index (χ3v) is 5.69. The van der Waals surface area contributed by atoms with E-state index in [4.69, 9.17) is 9.57 Å². The van der Waals surface area contributed by atoms with Gasteiger partial charge >= 0.3 is 0 Å². The van der Waals surface area contributed by atoms with E-state index >= 15 is 0 Å². The smallest absolute Gasteiger partial charge is 0.271 e. The first-order chi connectivity index (χ1) is 17.6. The minimum Gasteiger partial charge on any atom is -0.496 e. The van der Waals surface area contributed by atoms with Gasteiger partial charge in [0.05, 0.1) is 29.3 Å². The molecule has 0 bridgehead atoms. The van der Waals surface area contributed by atoms with Gasteiger partial charge in [-0.15, -0.1) is 0 Å². The lowest BCUT2D eigenvalue weighted by molar-refractivity contribution is 0.0924. The van der Waals surface area contributed by atoms with Crippen LogP contribution in [0, 0.1) is 0 Å². The van der Waals surface area contributed by atoms with Gasteiger partial charge in [0.15, 0.2) is 0 Å². The highest BCUT2D eigenvalue weighted by Crippen LogP contribution is 2.33. The number of nitrogens with one attached hydrogen (secondary N) is 1. The van der Waals surface area contributed by atoms with Gasteiger partial charge in [-0.05, 0) is 42.5 Å². The molecule has 2 amide bonds. The highest BCUT2D eigenvalue weighted by molar-refractivity contribution is 6.35. The van der Waals surface area contributed by atoms with E-state index in [-0.39, 0.29) is 11.5 Å². The predicted octanol–water partition coefficient (Wildman–Crippen LogP) is 4.79. The third kappa shape index (κ3) is 4.21. The van der Waals surface area contributed by atoms with Gasteiger partial charge in [0, 0.05) is 23.9 Å². The van der Waals surface area contributed by atoms with Crippen LogP contribution in [0.5, 0.6) is 11.6 Å². The number of amides is 2. The molecule has 1 aliphatic heterocycles. The summed E-state index contributed by atoms with van der Waals surface area (Å²) in [5.74, 6) is 0.499. The maximum Gasteiger partial charge on any atom is 0.271 e. The number of fused-ring (bicyclic) bond motifs is 3. The molecule has 8 nitrogen and oxygen atoms in total. The number of para-hydroxylation sites is 2. The van der Waals surface area contributed by atoms with Gasteiger partial charge in [-0.1, -0.05) is 42.5 Å². The number of nitrogens with zero attached hydrogens (tertiary/aromatic N) is 3. The molecule has 0 atom stereocenters. The normalized spacial score (nSPS) is 12.3. The van der Waals surface area contributed by atoms with Crippen LogP contribution in [0.1, 0.15) is 20.7 Å². The van der Waals surface area contributed by atoms with E-state index < -0.39 is 5.91 Å². The van der Waals surface area contributed by atoms with Crippen LogP contribution in [0.2, 0.25) is 0 Å². The molecule has 8 heteroatoms. The van der Waals surface area contributed by atoms with E-state index in [1.807, 2.05) is 66.7 Å². The van der Waals surface area contributed by atoms with Crippen LogP contribution in [0.15, 0.2) is 91.0 Å². The summed E-state index contributed by atoms with van der Waals surface area (Å²) in [4.78, 5) is 40.2. The number of rotatable bonds is 4. The molecule has 178 valence electrons. The van der Waals surface area contributed by atoms with Crippen molar-refractivity contribution in [2.45, 2.75) is 0 Å². The number of hydroxylamine groups is 1. The summed E-state index contributed by atoms with van der Waals surface area (Å²) in [7, 11) is 3.18. The first-order valence-corrected chi connectivity index (χ1v) is 11.2. The van der Waals surface area contributed by atoms with Crippen molar-refractivity contribution in [2.75, 3.05) is 19.1 Å². The number of pyridine rings is 2. The monoisotopic (exact) mass is 478 g/mol. The van der Waals surface area contributed by atoms with Crippen LogP contribution in [-0.4, -0.2) is 35.9 Å². The van der Waals surface area contributed by atoms with Crippen molar-refractivity contribution >= 4 is 39.4 Å². The molecule has 3 aromatic carbocycles. The zero-order chi connectivity index (χ0) is 25.1.